The van der Waals surface area contributed by atoms with Crippen LogP contribution in [0.3, 0.4) is 0 Å². The van der Waals surface area contributed by atoms with Crippen molar-refractivity contribution in [1.82, 2.24) is 5.32 Å². The van der Waals surface area contributed by atoms with Gasteiger partial charge in [-0.1, -0.05) is 41.4 Å². The van der Waals surface area contributed by atoms with Crippen molar-refractivity contribution in [2.75, 3.05) is 0 Å². The number of aliphatic carboxylic acids is 1. The van der Waals surface area contributed by atoms with Crippen LogP contribution in [0.4, 0.5) is 0 Å². The molecule has 20 heavy (non-hydrogen) atoms. The second-order valence-electron chi connectivity index (χ2n) is 5.24. The van der Waals surface area contributed by atoms with Gasteiger partial charge in [0.15, 0.2) is 0 Å². The number of rotatable bonds is 6. The molecular formula is C15H18BrNO3. The Morgan fingerprint density at radius 1 is 1.35 bits per heavy atom. The molecule has 0 saturated heterocycles. The van der Waals surface area contributed by atoms with Crippen LogP contribution in [0.5, 0.6) is 0 Å². The zero-order valence-electron chi connectivity index (χ0n) is 11.4. The molecule has 1 aliphatic rings. The van der Waals surface area contributed by atoms with E-state index < -0.39 is 17.4 Å². The highest BCUT2D eigenvalue weighted by atomic mass is 79.9. The second kappa shape index (κ2) is 5.95. The van der Waals surface area contributed by atoms with Gasteiger partial charge in [-0.15, -0.1) is 0 Å². The van der Waals surface area contributed by atoms with Crippen LogP contribution in [-0.4, -0.2) is 23.0 Å². The highest BCUT2D eigenvalue weighted by Gasteiger charge is 2.51. The summed E-state index contributed by atoms with van der Waals surface area (Å²) in [4.78, 5) is 23.5. The van der Waals surface area contributed by atoms with Crippen molar-refractivity contribution in [3.63, 3.8) is 0 Å². The number of benzene rings is 1. The average Bonchev–Trinajstić information content (AvgIpc) is 3.20. The van der Waals surface area contributed by atoms with Crippen LogP contribution in [-0.2, 0) is 15.0 Å². The third-order valence-corrected chi connectivity index (χ3v) is 4.29. The molecule has 0 aliphatic heterocycles. The van der Waals surface area contributed by atoms with E-state index in [0.717, 1.165) is 29.3 Å². The van der Waals surface area contributed by atoms with Gasteiger partial charge in [-0.2, -0.15) is 0 Å². The number of carbonyl (C=O) groups excluding carboxylic acids is 1. The monoisotopic (exact) mass is 339 g/mol. The molecule has 2 N–H and O–H groups in total. The number of carboxylic acid groups (broad SMARTS) is 1. The van der Waals surface area contributed by atoms with Crippen LogP contribution < -0.4 is 5.32 Å². The number of carboxylic acids is 1. The molecule has 5 heteroatoms. The van der Waals surface area contributed by atoms with Crippen molar-refractivity contribution < 1.29 is 14.7 Å². The lowest BCUT2D eigenvalue weighted by Gasteiger charge is -2.20. The number of hydrogen-bond donors (Lipinski definition) is 2. The van der Waals surface area contributed by atoms with Crippen LogP contribution in [0, 0.1) is 0 Å². The molecule has 1 amide bonds. The predicted octanol–water partition coefficient (Wildman–Crippen LogP) is 2.85. The first-order chi connectivity index (χ1) is 9.49. The molecule has 0 spiro atoms. The standard InChI is InChI=1S/C15H18BrNO3/c1-2-3-12(13(18)19)17-14(20)15(8-9-15)10-4-6-11(16)7-5-10/h4-7,12H,2-3,8-9H2,1H3,(H,17,20)(H,18,19)/t12-/m1/s1. The number of halogens is 1. The van der Waals surface area contributed by atoms with E-state index in [0.29, 0.717) is 6.42 Å². The molecule has 2 rings (SSSR count). The normalized spacial score (nSPS) is 17.3. The Kier molecular flexibility index (Phi) is 4.48. The first kappa shape index (κ1) is 15.0. The first-order valence-electron chi connectivity index (χ1n) is 6.79. The Labute approximate surface area is 126 Å². The molecule has 1 fully saturated rings. The van der Waals surface area contributed by atoms with E-state index in [4.69, 9.17) is 5.11 Å². The first-order valence-corrected chi connectivity index (χ1v) is 7.59. The zero-order chi connectivity index (χ0) is 14.8. The van der Waals surface area contributed by atoms with E-state index in [-0.39, 0.29) is 5.91 Å². The van der Waals surface area contributed by atoms with E-state index in [1.807, 2.05) is 31.2 Å². The fourth-order valence-electron chi connectivity index (χ4n) is 2.38. The van der Waals surface area contributed by atoms with Crippen molar-refractivity contribution in [2.24, 2.45) is 0 Å². The van der Waals surface area contributed by atoms with Gasteiger partial charge in [0.2, 0.25) is 5.91 Å². The molecule has 1 atom stereocenters. The fraction of sp³-hybridized carbons (Fsp3) is 0.467. The number of amides is 1. The van der Waals surface area contributed by atoms with Gasteiger partial charge in [0.1, 0.15) is 6.04 Å². The summed E-state index contributed by atoms with van der Waals surface area (Å²) in [5.41, 5.74) is 0.432. The molecule has 0 aromatic heterocycles. The molecule has 0 unspecified atom stereocenters. The maximum Gasteiger partial charge on any atom is 0.326 e. The molecule has 4 nitrogen and oxygen atoms in total. The van der Waals surface area contributed by atoms with Gasteiger partial charge in [-0.3, -0.25) is 4.79 Å². The Morgan fingerprint density at radius 3 is 2.40 bits per heavy atom. The molecule has 1 aliphatic carbocycles. The van der Waals surface area contributed by atoms with Crippen LogP contribution in [0.2, 0.25) is 0 Å². The largest absolute Gasteiger partial charge is 0.480 e. The van der Waals surface area contributed by atoms with Gasteiger partial charge in [0, 0.05) is 4.47 Å². The van der Waals surface area contributed by atoms with Crippen LogP contribution in [0.15, 0.2) is 28.7 Å². The third-order valence-electron chi connectivity index (χ3n) is 3.76. The van der Waals surface area contributed by atoms with Crippen molar-refractivity contribution in [1.29, 1.82) is 0 Å². The van der Waals surface area contributed by atoms with Gasteiger partial charge < -0.3 is 10.4 Å². The number of hydrogen-bond acceptors (Lipinski definition) is 2. The highest BCUT2D eigenvalue weighted by Crippen LogP contribution is 2.48. The van der Waals surface area contributed by atoms with Crippen molar-refractivity contribution in [3.8, 4) is 0 Å². The predicted molar refractivity (Wildman–Crippen MR) is 79.5 cm³/mol. The third kappa shape index (κ3) is 3.03. The summed E-state index contributed by atoms with van der Waals surface area (Å²) in [5, 5.41) is 11.8. The maximum absolute atomic E-state index is 12.4. The van der Waals surface area contributed by atoms with Crippen LogP contribution in [0.25, 0.3) is 0 Å². The van der Waals surface area contributed by atoms with Crippen LogP contribution in [0.1, 0.15) is 38.2 Å². The Morgan fingerprint density at radius 2 is 1.95 bits per heavy atom. The van der Waals surface area contributed by atoms with Gasteiger partial charge in [0.05, 0.1) is 5.41 Å². The summed E-state index contributed by atoms with van der Waals surface area (Å²) in [6.45, 7) is 1.91. The maximum atomic E-state index is 12.4. The van der Waals surface area contributed by atoms with E-state index in [1.165, 1.54) is 0 Å². The van der Waals surface area contributed by atoms with Crippen molar-refractivity contribution in [2.45, 2.75) is 44.1 Å². The van der Waals surface area contributed by atoms with Crippen molar-refractivity contribution in [3.05, 3.63) is 34.3 Å². The van der Waals surface area contributed by atoms with E-state index in [1.54, 1.807) is 0 Å². The van der Waals surface area contributed by atoms with Gasteiger partial charge >= 0.3 is 5.97 Å². The summed E-state index contributed by atoms with van der Waals surface area (Å²) in [5.74, 6) is -1.13. The molecule has 1 aromatic carbocycles. The summed E-state index contributed by atoms with van der Waals surface area (Å²) >= 11 is 3.37. The minimum absolute atomic E-state index is 0.166. The molecule has 0 heterocycles. The van der Waals surface area contributed by atoms with Gasteiger partial charge in [0.25, 0.3) is 0 Å². The Bertz CT molecular complexity index is 508. The molecule has 108 valence electrons. The molecule has 0 bridgehead atoms. The Hall–Kier alpha value is -1.36. The quantitative estimate of drug-likeness (QED) is 0.837. The summed E-state index contributed by atoms with van der Waals surface area (Å²) < 4.78 is 0.965. The highest BCUT2D eigenvalue weighted by molar-refractivity contribution is 9.10. The number of nitrogens with one attached hydrogen (secondary N) is 1. The SMILES string of the molecule is CCC[C@@H](NC(=O)C1(c2ccc(Br)cc2)CC1)C(=O)O. The zero-order valence-corrected chi connectivity index (χ0v) is 12.9. The average molecular weight is 340 g/mol. The van der Waals surface area contributed by atoms with Gasteiger partial charge in [-0.25, -0.2) is 4.79 Å². The Balaban J connectivity index is 2.12. The van der Waals surface area contributed by atoms with Crippen molar-refractivity contribution >= 4 is 27.8 Å². The summed E-state index contributed by atoms with van der Waals surface area (Å²) in [6.07, 6.45) is 2.73. The summed E-state index contributed by atoms with van der Waals surface area (Å²) in [7, 11) is 0. The fourth-order valence-corrected chi connectivity index (χ4v) is 2.65. The molecule has 1 aromatic rings. The lowest BCUT2D eigenvalue weighted by Crippen LogP contribution is -2.45. The molecule has 1 saturated carbocycles. The molecule has 0 radical (unpaired) electrons. The lowest BCUT2D eigenvalue weighted by atomic mass is 9.94. The molecular weight excluding hydrogens is 322 g/mol. The van der Waals surface area contributed by atoms with E-state index in [2.05, 4.69) is 21.2 Å². The minimum atomic E-state index is -0.966. The second-order valence-corrected chi connectivity index (χ2v) is 6.16. The van der Waals surface area contributed by atoms with Crippen LogP contribution >= 0.6 is 15.9 Å². The van der Waals surface area contributed by atoms with E-state index >= 15 is 0 Å². The van der Waals surface area contributed by atoms with Gasteiger partial charge in [-0.05, 0) is 37.0 Å². The van der Waals surface area contributed by atoms with E-state index in [9.17, 15) is 9.59 Å². The topological polar surface area (TPSA) is 66.4 Å². The summed E-state index contributed by atoms with van der Waals surface area (Å²) in [6, 6.07) is 6.87. The number of carbonyl (C=O) groups is 2. The minimum Gasteiger partial charge on any atom is -0.480 e. The lowest BCUT2D eigenvalue weighted by molar-refractivity contribution is -0.142. The smallest absolute Gasteiger partial charge is 0.326 e.